The predicted molar refractivity (Wildman–Crippen MR) is 78.8 cm³/mol. The Hall–Kier alpha value is -2.56. The van der Waals surface area contributed by atoms with Crippen LogP contribution in [0, 0.1) is 0 Å². The Bertz CT molecular complexity index is 657. The van der Waals surface area contributed by atoms with E-state index in [0.29, 0.717) is 13.2 Å². The van der Waals surface area contributed by atoms with Gasteiger partial charge in [0.05, 0.1) is 12.3 Å². The van der Waals surface area contributed by atoms with E-state index in [4.69, 9.17) is 9.84 Å². The highest BCUT2D eigenvalue weighted by Gasteiger charge is 2.16. The van der Waals surface area contributed by atoms with Gasteiger partial charge in [0.15, 0.2) is 0 Å². The van der Waals surface area contributed by atoms with Crippen molar-refractivity contribution in [3.8, 4) is 5.75 Å². The second kappa shape index (κ2) is 5.83. The van der Waals surface area contributed by atoms with E-state index in [2.05, 4.69) is 9.88 Å². The van der Waals surface area contributed by atoms with Gasteiger partial charge in [0.1, 0.15) is 11.4 Å². The lowest BCUT2D eigenvalue weighted by Gasteiger charge is -2.23. The number of para-hydroxylation sites is 2. The van der Waals surface area contributed by atoms with E-state index < -0.39 is 5.97 Å². The van der Waals surface area contributed by atoms with Gasteiger partial charge >= 0.3 is 5.97 Å². The maximum absolute atomic E-state index is 11.0. The number of carbonyl (C=O) groups is 1. The molecule has 0 fully saturated rings. The van der Waals surface area contributed by atoms with Crippen LogP contribution in [-0.2, 0) is 6.54 Å². The standard InChI is InChI=1S/C16H16N2O3/c19-16(20)13-10-12(6-7-17-13)11-18-8-3-9-21-15-5-2-1-4-14(15)18/h1-2,4-7,10H,3,8-9,11H2,(H,19,20). The minimum Gasteiger partial charge on any atom is -0.491 e. The molecule has 0 spiro atoms. The zero-order valence-corrected chi connectivity index (χ0v) is 11.5. The third kappa shape index (κ3) is 2.97. The lowest BCUT2D eigenvalue weighted by atomic mass is 10.2. The third-order valence-corrected chi connectivity index (χ3v) is 3.45. The molecular weight excluding hydrogens is 268 g/mol. The van der Waals surface area contributed by atoms with Crippen LogP contribution in [0.3, 0.4) is 0 Å². The van der Waals surface area contributed by atoms with Gasteiger partial charge in [-0.15, -0.1) is 0 Å². The molecule has 1 aromatic heterocycles. The van der Waals surface area contributed by atoms with Crippen LogP contribution >= 0.6 is 0 Å². The summed E-state index contributed by atoms with van der Waals surface area (Å²) in [5.41, 5.74) is 2.05. The molecule has 0 aliphatic carbocycles. The number of carboxylic acid groups (broad SMARTS) is 1. The van der Waals surface area contributed by atoms with Crippen molar-refractivity contribution in [2.75, 3.05) is 18.1 Å². The molecule has 0 radical (unpaired) electrons. The first-order chi connectivity index (χ1) is 10.2. The number of ether oxygens (including phenoxy) is 1. The van der Waals surface area contributed by atoms with E-state index in [1.807, 2.05) is 30.3 Å². The number of hydrogen-bond acceptors (Lipinski definition) is 4. The molecule has 21 heavy (non-hydrogen) atoms. The number of hydrogen-bond donors (Lipinski definition) is 1. The first-order valence-corrected chi connectivity index (χ1v) is 6.89. The highest BCUT2D eigenvalue weighted by atomic mass is 16.5. The SMILES string of the molecule is O=C(O)c1cc(CN2CCCOc3ccccc32)ccn1. The fourth-order valence-electron chi connectivity index (χ4n) is 2.47. The zero-order valence-electron chi connectivity index (χ0n) is 11.5. The fraction of sp³-hybridized carbons (Fsp3) is 0.250. The van der Waals surface area contributed by atoms with Crippen molar-refractivity contribution in [1.29, 1.82) is 0 Å². The van der Waals surface area contributed by atoms with Crippen molar-refractivity contribution in [2.24, 2.45) is 0 Å². The number of benzene rings is 1. The van der Waals surface area contributed by atoms with Crippen LogP contribution in [0.15, 0.2) is 42.6 Å². The molecule has 0 atom stereocenters. The molecule has 0 saturated carbocycles. The van der Waals surface area contributed by atoms with Gasteiger partial charge < -0.3 is 14.7 Å². The van der Waals surface area contributed by atoms with E-state index >= 15 is 0 Å². The lowest BCUT2D eigenvalue weighted by Crippen LogP contribution is -2.23. The topological polar surface area (TPSA) is 62.7 Å². The number of aromatic nitrogens is 1. The van der Waals surface area contributed by atoms with Crippen LogP contribution in [0.2, 0.25) is 0 Å². The average molecular weight is 284 g/mol. The summed E-state index contributed by atoms with van der Waals surface area (Å²) in [4.78, 5) is 17.1. The molecule has 2 heterocycles. The van der Waals surface area contributed by atoms with E-state index in [0.717, 1.165) is 30.0 Å². The van der Waals surface area contributed by atoms with Crippen LogP contribution in [-0.4, -0.2) is 29.2 Å². The molecule has 108 valence electrons. The molecule has 5 heteroatoms. The third-order valence-electron chi connectivity index (χ3n) is 3.45. The van der Waals surface area contributed by atoms with Gasteiger partial charge in [0, 0.05) is 19.3 Å². The van der Waals surface area contributed by atoms with Crippen LogP contribution in [0.4, 0.5) is 5.69 Å². The van der Waals surface area contributed by atoms with Crippen molar-refractivity contribution >= 4 is 11.7 Å². The number of aromatic carboxylic acids is 1. The van der Waals surface area contributed by atoms with Crippen molar-refractivity contribution in [2.45, 2.75) is 13.0 Å². The summed E-state index contributed by atoms with van der Waals surface area (Å²) >= 11 is 0. The number of carboxylic acids is 1. The summed E-state index contributed by atoms with van der Waals surface area (Å²) in [6, 6.07) is 11.4. The van der Waals surface area contributed by atoms with Gasteiger partial charge in [0.25, 0.3) is 0 Å². The Morgan fingerprint density at radius 2 is 2.19 bits per heavy atom. The molecule has 1 aliphatic rings. The molecule has 5 nitrogen and oxygen atoms in total. The second-order valence-electron chi connectivity index (χ2n) is 4.95. The highest BCUT2D eigenvalue weighted by molar-refractivity contribution is 5.85. The van der Waals surface area contributed by atoms with Crippen LogP contribution in [0.5, 0.6) is 5.75 Å². The van der Waals surface area contributed by atoms with Crippen LogP contribution in [0.1, 0.15) is 22.5 Å². The minimum absolute atomic E-state index is 0.0758. The summed E-state index contributed by atoms with van der Waals surface area (Å²) in [5, 5.41) is 9.02. The molecular formula is C16H16N2O3. The van der Waals surface area contributed by atoms with Gasteiger partial charge in [-0.3, -0.25) is 0 Å². The highest BCUT2D eigenvalue weighted by Crippen LogP contribution is 2.31. The van der Waals surface area contributed by atoms with Crippen molar-refractivity contribution in [3.63, 3.8) is 0 Å². The van der Waals surface area contributed by atoms with E-state index in [1.165, 1.54) is 0 Å². The maximum Gasteiger partial charge on any atom is 0.354 e. The maximum atomic E-state index is 11.0. The number of rotatable bonds is 3. The number of fused-ring (bicyclic) bond motifs is 1. The molecule has 0 unspecified atom stereocenters. The van der Waals surface area contributed by atoms with Crippen LogP contribution in [0.25, 0.3) is 0 Å². The van der Waals surface area contributed by atoms with Gasteiger partial charge in [-0.1, -0.05) is 12.1 Å². The molecule has 0 amide bonds. The molecule has 0 bridgehead atoms. The summed E-state index contributed by atoms with van der Waals surface area (Å²) < 4.78 is 5.73. The van der Waals surface area contributed by atoms with Gasteiger partial charge in [-0.05, 0) is 36.2 Å². The molecule has 0 saturated heterocycles. The summed E-state index contributed by atoms with van der Waals surface area (Å²) in [7, 11) is 0. The quantitative estimate of drug-likeness (QED) is 0.938. The van der Waals surface area contributed by atoms with Crippen LogP contribution < -0.4 is 9.64 Å². The molecule has 1 aliphatic heterocycles. The minimum atomic E-state index is -1.00. The zero-order chi connectivity index (χ0) is 14.7. The van der Waals surface area contributed by atoms with Gasteiger partial charge in [-0.25, -0.2) is 9.78 Å². The Labute approximate surface area is 122 Å². The lowest BCUT2D eigenvalue weighted by molar-refractivity contribution is 0.0690. The second-order valence-corrected chi connectivity index (χ2v) is 4.95. The Morgan fingerprint density at radius 3 is 3.05 bits per heavy atom. The normalized spacial score (nSPS) is 14.0. The summed E-state index contributed by atoms with van der Waals surface area (Å²) in [5.74, 6) is -0.126. The summed E-state index contributed by atoms with van der Waals surface area (Å²) in [6.45, 7) is 2.22. The van der Waals surface area contributed by atoms with Crippen molar-refractivity contribution < 1.29 is 14.6 Å². The Balaban J connectivity index is 1.87. The van der Waals surface area contributed by atoms with E-state index in [1.54, 1.807) is 12.3 Å². The number of pyridine rings is 1. The van der Waals surface area contributed by atoms with Gasteiger partial charge in [-0.2, -0.15) is 0 Å². The van der Waals surface area contributed by atoms with Crippen molar-refractivity contribution in [1.82, 2.24) is 4.98 Å². The average Bonchev–Trinajstić information content (AvgIpc) is 2.70. The largest absolute Gasteiger partial charge is 0.491 e. The first kappa shape index (κ1) is 13.4. The monoisotopic (exact) mass is 284 g/mol. The predicted octanol–water partition coefficient (Wildman–Crippen LogP) is 2.57. The van der Waals surface area contributed by atoms with Crippen molar-refractivity contribution in [3.05, 3.63) is 53.9 Å². The van der Waals surface area contributed by atoms with Gasteiger partial charge in [0.2, 0.25) is 0 Å². The smallest absolute Gasteiger partial charge is 0.354 e. The molecule has 2 aromatic rings. The Morgan fingerprint density at radius 1 is 1.33 bits per heavy atom. The summed E-state index contributed by atoms with van der Waals surface area (Å²) in [6.07, 6.45) is 2.48. The Kier molecular flexibility index (Phi) is 3.73. The molecule has 3 rings (SSSR count). The number of anilines is 1. The molecule has 1 N–H and O–H groups in total. The first-order valence-electron chi connectivity index (χ1n) is 6.89. The molecule has 1 aromatic carbocycles. The fourth-order valence-corrected chi connectivity index (χ4v) is 2.47. The van der Waals surface area contributed by atoms with E-state index in [9.17, 15) is 4.79 Å². The van der Waals surface area contributed by atoms with E-state index in [-0.39, 0.29) is 5.69 Å². The number of nitrogens with zero attached hydrogens (tertiary/aromatic N) is 2.